The highest BCUT2D eigenvalue weighted by Gasteiger charge is 2.26. The molecule has 0 rings (SSSR count). The average molecular weight is 928 g/mol. The van der Waals surface area contributed by atoms with Crippen LogP contribution >= 0.6 is 7.82 Å². The number of ether oxygens (including phenoxy) is 2. The Labute approximate surface area is 397 Å². The van der Waals surface area contributed by atoms with E-state index >= 15 is 0 Å². The van der Waals surface area contributed by atoms with Crippen LogP contribution in [0.2, 0.25) is 0 Å². The molecule has 2 atom stereocenters. The molecular formula is C55H94NO8P. The van der Waals surface area contributed by atoms with E-state index in [0.717, 1.165) is 109 Å². The Hall–Kier alpha value is -3.07. The summed E-state index contributed by atoms with van der Waals surface area (Å²) in [7, 11) is -4.39. The summed E-state index contributed by atoms with van der Waals surface area (Å²) in [4.78, 5) is 35.1. The number of hydrogen-bond donors (Lipinski definition) is 2. The first-order valence-corrected chi connectivity index (χ1v) is 27.2. The molecular weight excluding hydrogens is 834 g/mol. The maximum absolute atomic E-state index is 12.7. The van der Waals surface area contributed by atoms with Crippen molar-refractivity contribution in [2.75, 3.05) is 26.4 Å². The normalized spacial score (nSPS) is 14.0. The molecule has 0 aliphatic heterocycles. The Morgan fingerprint density at radius 2 is 0.800 bits per heavy atom. The first-order chi connectivity index (χ1) is 31.8. The molecule has 0 saturated carbocycles. The molecule has 0 aromatic heterocycles. The van der Waals surface area contributed by atoms with Crippen LogP contribution in [0.4, 0.5) is 0 Å². The van der Waals surface area contributed by atoms with Crippen LogP contribution < -0.4 is 5.73 Å². The van der Waals surface area contributed by atoms with E-state index < -0.39 is 32.5 Å². The second kappa shape index (κ2) is 50.3. The maximum Gasteiger partial charge on any atom is 0.472 e. The SMILES string of the molecule is CC/C=C\C/C=C\C/C=C\C/C=C\CCCCCCCCCCCCCCC(=O)OC(COC(=O)CCCCCCCC/C=C\C/C=C\C/C=C\C/C=C\CC)COP(=O)(O)OCCN. The highest BCUT2D eigenvalue weighted by Crippen LogP contribution is 2.43. The topological polar surface area (TPSA) is 134 Å². The van der Waals surface area contributed by atoms with Gasteiger partial charge in [0.1, 0.15) is 6.61 Å². The second-order valence-electron chi connectivity index (χ2n) is 16.6. The van der Waals surface area contributed by atoms with Gasteiger partial charge in [0.2, 0.25) is 0 Å². The van der Waals surface area contributed by atoms with Gasteiger partial charge in [0, 0.05) is 19.4 Å². The maximum atomic E-state index is 12.7. The molecule has 0 heterocycles. The molecule has 10 heteroatoms. The van der Waals surface area contributed by atoms with Gasteiger partial charge in [-0.1, -0.05) is 201 Å². The summed E-state index contributed by atoms with van der Waals surface area (Å²) in [6, 6.07) is 0. The largest absolute Gasteiger partial charge is 0.472 e. The molecule has 0 aromatic carbocycles. The number of hydrogen-bond acceptors (Lipinski definition) is 8. The number of allylic oxidation sites excluding steroid dienone is 16. The molecule has 0 amide bonds. The Bertz CT molecular complexity index is 1380. The molecule has 3 N–H and O–H groups in total. The van der Waals surface area contributed by atoms with Gasteiger partial charge in [0.25, 0.3) is 0 Å². The lowest BCUT2D eigenvalue weighted by atomic mass is 10.0. The summed E-state index contributed by atoms with van der Waals surface area (Å²) in [5.41, 5.74) is 5.37. The van der Waals surface area contributed by atoms with Gasteiger partial charge in [0.15, 0.2) is 6.10 Å². The van der Waals surface area contributed by atoms with Crippen molar-refractivity contribution < 1.29 is 37.6 Å². The van der Waals surface area contributed by atoms with Crippen molar-refractivity contribution in [2.24, 2.45) is 5.73 Å². The first kappa shape index (κ1) is 61.9. The lowest BCUT2D eigenvalue weighted by Gasteiger charge is -2.19. The van der Waals surface area contributed by atoms with Crippen molar-refractivity contribution in [1.29, 1.82) is 0 Å². The smallest absolute Gasteiger partial charge is 0.462 e. The predicted molar refractivity (Wildman–Crippen MR) is 275 cm³/mol. The summed E-state index contributed by atoms with van der Waals surface area (Å²) in [6.45, 7) is 3.49. The third-order valence-corrected chi connectivity index (χ3v) is 11.4. The Balaban J connectivity index is 4.07. The zero-order valence-corrected chi connectivity index (χ0v) is 42.1. The zero-order valence-electron chi connectivity index (χ0n) is 41.2. The number of phosphoric acid groups is 1. The van der Waals surface area contributed by atoms with Gasteiger partial charge in [-0.25, -0.2) is 4.57 Å². The van der Waals surface area contributed by atoms with E-state index in [1.165, 1.54) is 57.8 Å². The van der Waals surface area contributed by atoms with Gasteiger partial charge in [-0.3, -0.25) is 18.6 Å². The highest BCUT2D eigenvalue weighted by molar-refractivity contribution is 7.47. The van der Waals surface area contributed by atoms with E-state index in [1.807, 2.05) is 0 Å². The molecule has 0 radical (unpaired) electrons. The van der Waals surface area contributed by atoms with E-state index in [9.17, 15) is 19.0 Å². The summed E-state index contributed by atoms with van der Waals surface area (Å²) >= 11 is 0. The molecule has 0 spiro atoms. The van der Waals surface area contributed by atoms with E-state index in [2.05, 4.69) is 111 Å². The minimum absolute atomic E-state index is 0.0462. The fourth-order valence-corrected chi connectivity index (χ4v) is 7.50. The van der Waals surface area contributed by atoms with Crippen molar-refractivity contribution in [1.82, 2.24) is 0 Å². The number of phosphoric ester groups is 1. The molecule has 2 unspecified atom stereocenters. The van der Waals surface area contributed by atoms with Crippen molar-refractivity contribution in [3.8, 4) is 0 Å². The van der Waals surface area contributed by atoms with Crippen LogP contribution in [-0.4, -0.2) is 49.3 Å². The van der Waals surface area contributed by atoms with Crippen LogP contribution in [0.15, 0.2) is 97.2 Å². The summed E-state index contributed by atoms with van der Waals surface area (Å²) in [5.74, 6) is -0.851. The summed E-state index contributed by atoms with van der Waals surface area (Å²) < 4.78 is 32.9. The fourth-order valence-electron chi connectivity index (χ4n) is 6.73. The molecule has 0 fully saturated rings. The minimum atomic E-state index is -4.39. The van der Waals surface area contributed by atoms with Crippen LogP contribution in [0, 0.1) is 0 Å². The highest BCUT2D eigenvalue weighted by atomic mass is 31.2. The first-order valence-electron chi connectivity index (χ1n) is 25.7. The number of esters is 2. The monoisotopic (exact) mass is 928 g/mol. The third-order valence-electron chi connectivity index (χ3n) is 10.5. The predicted octanol–water partition coefficient (Wildman–Crippen LogP) is 15.7. The van der Waals surface area contributed by atoms with Crippen molar-refractivity contribution in [3.05, 3.63) is 97.2 Å². The van der Waals surface area contributed by atoms with E-state index in [4.69, 9.17) is 24.3 Å². The fraction of sp³-hybridized carbons (Fsp3) is 0.673. The number of unbranched alkanes of at least 4 members (excludes halogenated alkanes) is 18. The standard InChI is InChI=1S/C55H94NO8P/c1-3-5-7-9-11-13-15-17-19-21-23-24-25-26-27-28-30-32-34-36-38-40-42-44-46-48-55(58)64-53(52-63-65(59,60)62-50-49-56)51-61-54(57)47-45-43-41-39-37-35-33-31-29-22-20-18-16-14-12-10-8-6-4-2/h5-8,11-14,17-20,23-24,29,31,53H,3-4,9-10,15-16,21-22,25-28,30,32-52,56H2,1-2H3,(H,59,60)/b7-5-,8-6-,13-11-,14-12-,19-17-,20-18-,24-23-,31-29-. The second-order valence-corrected chi connectivity index (χ2v) is 18.1. The number of carbonyl (C=O) groups is 2. The van der Waals surface area contributed by atoms with Crippen LogP contribution in [0.1, 0.15) is 206 Å². The number of nitrogens with two attached hydrogens (primary N) is 1. The molecule has 9 nitrogen and oxygen atoms in total. The van der Waals surface area contributed by atoms with E-state index in [0.29, 0.717) is 12.8 Å². The molecule has 0 aromatic rings. The van der Waals surface area contributed by atoms with Crippen LogP contribution in [0.3, 0.4) is 0 Å². The van der Waals surface area contributed by atoms with Gasteiger partial charge in [-0.2, -0.15) is 0 Å². The van der Waals surface area contributed by atoms with Gasteiger partial charge >= 0.3 is 19.8 Å². The number of rotatable bonds is 47. The molecule has 0 saturated heterocycles. The third kappa shape index (κ3) is 50.2. The van der Waals surface area contributed by atoms with Crippen molar-refractivity contribution in [2.45, 2.75) is 213 Å². The van der Waals surface area contributed by atoms with Crippen molar-refractivity contribution in [3.63, 3.8) is 0 Å². The van der Waals surface area contributed by atoms with Crippen molar-refractivity contribution >= 4 is 19.8 Å². The Kier molecular flexibility index (Phi) is 48.0. The summed E-state index contributed by atoms with van der Waals surface area (Å²) in [6.07, 6.45) is 65.8. The molecule has 0 aliphatic carbocycles. The van der Waals surface area contributed by atoms with Crippen LogP contribution in [0.25, 0.3) is 0 Å². The quantitative estimate of drug-likeness (QED) is 0.0265. The number of carbonyl (C=O) groups excluding carboxylic acids is 2. The lowest BCUT2D eigenvalue weighted by Crippen LogP contribution is -2.29. The van der Waals surface area contributed by atoms with Gasteiger partial charge < -0.3 is 20.1 Å². The van der Waals surface area contributed by atoms with Crippen LogP contribution in [-0.2, 0) is 32.7 Å². The Morgan fingerprint density at radius 3 is 1.18 bits per heavy atom. The molecule has 372 valence electrons. The van der Waals surface area contributed by atoms with E-state index in [1.54, 1.807) is 0 Å². The summed E-state index contributed by atoms with van der Waals surface area (Å²) in [5, 5.41) is 0. The van der Waals surface area contributed by atoms with Crippen LogP contribution in [0.5, 0.6) is 0 Å². The molecule has 0 aliphatic rings. The van der Waals surface area contributed by atoms with Gasteiger partial charge in [-0.05, 0) is 89.9 Å². The van der Waals surface area contributed by atoms with Gasteiger partial charge in [-0.15, -0.1) is 0 Å². The molecule has 65 heavy (non-hydrogen) atoms. The Morgan fingerprint density at radius 1 is 0.462 bits per heavy atom. The van der Waals surface area contributed by atoms with Gasteiger partial charge in [0.05, 0.1) is 13.2 Å². The minimum Gasteiger partial charge on any atom is -0.462 e. The average Bonchev–Trinajstić information content (AvgIpc) is 3.30. The molecule has 0 bridgehead atoms. The zero-order chi connectivity index (χ0) is 47.4. The van der Waals surface area contributed by atoms with E-state index in [-0.39, 0.29) is 32.6 Å². The lowest BCUT2D eigenvalue weighted by molar-refractivity contribution is -0.161.